The molecule has 0 aliphatic heterocycles. The number of benzene rings is 1. The molecule has 1 aromatic carbocycles. The Morgan fingerprint density at radius 3 is 2.84 bits per heavy atom. The van der Waals surface area contributed by atoms with Gasteiger partial charge < -0.3 is 15.5 Å². The average molecular weight is 328 g/mol. The second-order valence-corrected chi connectivity index (χ2v) is 5.83. The number of rotatable bonds is 5. The van der Waals surface area contributed by atoms with Gasteiger partial charge in [0, 0.05) is 23.7 Å². The molecular weight excluding hydrogens is 310 g/mol. The molecule has 0 spiro atoms. The van der Waals surface area contributed by atoms with Gasteiger partial charge >= 0.3 is 5.97 Å². The predicted octanol–water partition coefficient (Wildman–Crippen LogP) is 2.40. The summed E-state index contributed by atoms with van der Waals surface area (Å²) in [6.45, 7) is 0.915. The highest BCUT2D eigenvalue weighted by Crippen LogP contribution is 2.26. The smallest absolute Gasteiger partial charge is 0.335 e. The van der Waals surface area contributed by atoms with E-state index in [2.05, 4.69) is 21.2 Å². The number of aliphatic hydroxyl groups excluding tert-OH is 1. The van der Waals surface area contributed by atoms with E-state index in [1.807, 2.05) is 6.07 Å². The molecule has 0 amide bonds. The van der Waals surface area contributed by atoms with Crippen molar-refractivity contribution in [2.24, 2.45) is 5.92 Å². The lowest BCUT2D eigenvalue weighted by molar-refractivity contribution is 0.0697. The molecule has 2 rings (SSSR count). The van der Waals surface area contributed by atoms with E-state index in [4.69, 9.17) is 5.11 Å². The molecule has 0 saturated heterocycles. The second-order valence-electron chi connectivity index (χ2n) is 4.97. The number of hydrogen-bond acceptors (Lipinski definition) is 3. The molecule has 1 aromatic rings. The van der Waals surface area contributed by atoms with Crippen LogP contribution in [0.25, 0.3) is 0 Å². The van der Waals surface area contributed by atoms with Crippen LogP contribution in [0.3, 0.4) is 0 Å². The van der Waals surface area contributed by atoms with Crippen LogP contribution in [0.15, 0.2) is 22.7 Å². The van der Waals surface area contributed by atoms with Crippen molar-refractivity contribution >= 4 is 21.9 Å². The Morgan fingerprint density at radius 1 is 1.42 bits per heavy atom. The molecule has 1 saturated carbocycles. The summed E-state index contributed by atoms with van der Waals surface area (Å²) < 4.78 is 0.804. The van der Waals surface area contributed by atoms with E-state index in [1.165, 1.54) is 0 Å². The van der Waals surface area contributed by atoms with Gasteiger partial charge in [-0.1, -0.05) is 28.4 Å². The van der Waals surface area contributed by atoms with Gasteiger partial charge in [0.25, 0.3) is 0 Å². The molecule has 0 heterocycles. The summed E-state index contributed by atoms with van der Waals surface area (Å²) in [5.74, 6) is -0.576. The summed E-state index contributed by atoms with van der Waals surface area (Å²) >= 11 is 3.40. The topological polar surface area (TPSA) is 69.6 Å². The SMILES string of the molecule is O=C(O)c1ccc(CNC2CCCC2CO)c(Br)c1. The molecule has 2 unspecified atom stereocenters. The third-order valence-corrected chi connectivity index (χ3v) is 4.49. The third kappa shape index (κ3) is 3.55. The summed E-state index contributed by atoms with van der Waals surface area (Å²) in [6, 6.07) is 5.42. The lowest BCUT2D eigenvalue weighted by Gasteiger charge is -2.19. The molecule has 4 nitrogen and oxygen atoms in total. The molecule has 3 N–H and O–H groups in total. The van der Waals surface area contributed by atoms with Gasteiger partial charge in [0.1, 0.15) is 0 Å². The quantitative estimate of drug-likeness (QED) is 0.776. The Labute approximate surface area is 121 Å². The number of carboxylic acids is 1. The number of halogens is 1. The Hall–Kier alpha value is -0.910. The molecule has 2 atom stereocenters. The Morgan fingerprint density at radius 2 is 2.21 bits per heavy atom. The van der Waals surface area contributed by atoms with Gasteiger partial charge in [-0.25, -0.2) is 4.79 Å². The van der Waals surface area contributed by atoms with Crippen molar-refractivity contribution in [1.82, 2.24) is 5.32 Å². The van der Waals surface area contributed by atoms with Gasteiger partial charge in [-0.3, -0.25) is 0 Å². The van der Waals surface area contributed by atoms with E-state index in [0.29, 0.717) is 18.5 Å². The fourth-order valence-corrected chi connectivity index (χ4v) is 3.11. The maximum absolute atomic E-state index is 10.8. The zero-order valence-electron chi connectivity index (χ0n) is 10.6. The van der Waals surface area contributed by atoms with E-state index in [1.54, 1.807) is 12.1 Å². The monoisotopic (exact) mass is 327 g/mol. The summed E-state index contributed by atoms with van der Waals surface area (Å²) in [4.78, 5) is 10.8. The van der Waals surface area contributed by atoms with Crippen LogP contribution in [0.2, 0.25) is 0 Å². The van der Waals surface area contributed by atoms with Crippen molar-refractivity contribution in [2.45, 2.75) is 31.8 Å². The number of hydrogen-bond donors (Lipinski definition) is 3. The first-order chi connectivity index (χ1) is 9.11. The van der Waals surface area contributed by atoms with Crippen LogP contribution in [0.5, 0.6) is 0 Å². The summed E-state index contributed by atoms with van der Waals surface area (Å²) in [7, 11) is 0. The molecule has 0 radical (unpaired) electrons. The van der Waals surface area contributed by atoms with Crippen molar-refractivity contribution in [3.63, 3.8) is 0 Å². The van der Waals surface area contributed by atoms with Crippen LogP contribution >= 0.6 is 15.9 Å². The second kappa shape index (κ2) is 6.50. The molecule has 1 fully saturated rings. The predicted molar refractivity (Wildman–Crippen MR) is 76.2 cm³/mol. The van der Waals surface area contributed by atoms with Crippen molar-refractivity contribution in [3.8, 4) is 0 Å². The van der Waals surface area contributed by atoms with Crippen molar-refractivity contribution in [2.75, 3.05) is 6.61 Å². The molecule has 1 aliphatic rings. The van der Waals surface area contributed by atoms with Gasteiger partial charge in [-0.05, 0) is 36.5 Å². The van der Waals surface area contributed by atoms with Crippen molar-refractivity contribution in [1.29, 1.82) is 0 Å². The molecule has 104 valence electrons. The van der Waals surface area contributed by atoms with Crippen LogP contribution in [0, 0.1) is 5.92 Å². The van der Waals surface area contributed by atoms with E-state index >= 15 is 0 Å². The van der Waals surface area contributed by atoms with Gasteiger partial charge in [0.15, 0.2) is 0 Å². The molecule has 1 aliphatic carbocycles. The van der Waals surface area contributed by atoms with Gasteiger partial charge in [0.2, 0.25) is 0 Å². The number of carboxylic acid groups (broad SMARTS) is 1. The Bertz CT molecular complexity index is 464. The Balaban J connectivity index is 1.98. The van der Waals surface area contributed by atoms with E-state index in [9.17, 15) is 9.90 Å². The summed E-state index contributed by atoms with van der Waals surface area (Å²) in [5.41, 5.74) is 1.32. The maximum atomic E-state index is 10.8. The minimum absolute atomic E-state index is 0.233. The molecule has 5 heteroatoms. The van der Waals surface area contributed by atoms with Crippen molar-refractivity contribution in [3.05, 3.63) is 33.8 Å². The third-order valence-electron chi connectivity index (χ3n) is 3.75. The molecule has 0 bridgehead atoms. The van der Waals surface area contributed by atoms with Gasteiger partial charge in [-0.15, -0.1) is 0 Å². The number of nitrogens with one attached hydrogen (secondary N) is 1. The summed E-state index contributed by atoms with van der Waals surface area (Å²) in [5, 5.41) is 21.6. The fraction of sp³-hybridized carbons (Fsp3) is 0.500. The highest BCUT2D eigenvalue weighted by atomic mass is 79.9. The van der Waals surface area contributed by atoms with Crippen LogP contribution in [-0.2, 0) is 6.54 Å². The zero-order valence-corrected chi connectivity index (χ0v) is 12.2. The molecular formula is C14H18BrNO3. The number of carbonyl (C=O) groups is 1. The van der Waals surface area contributed by atoms with E-state index in [0.717, 1.165) is 29.3 Å². The van der Waals surface area contributed by atoms with Crippen LogP contribution in [-0.4, -0.2) is 28.8 Å². The lowest BCUT2D eigenvalue weighted by atomic mass is 10.0. The first-order valence-corrected chi connectivity index (χ1v) is 7.27. The van der Waals surface area contributed by atoms with Crippen LogP contribution in [0.1, 0.15) is 35.2 Å². The van der Waals surface area contributed by atoms with E-state index < -0.39 is 5.97 Å². The fourth-order valence-electron chi connectivity index (χ4n) is 2.59. The standard InChI is InChI=1S/C14H18BrNO3/c15-12-6-9(14(18)19)4-5-10(12)7-16-13-3-1-2-11(13)8-17/h4-6,11,13,16-17H,1-3,7-8H2,(H,18,19). The zero-order chi connectivity index (χ0) is 13.8. The average Bonchev–Trinajstić information content (AvgIpc) is 2.84. The first-order valence-electron chi connectivity index (χ1n) is 6.47. The Kier molecular flexibility index (Phi) is 4.96. The number of aliphatic hydroxyl groups is 1. The first kappa shape index (κ1) is 14.5. The lowest BCUT2D eigenvalue weighted by Crippen LogP contribution is -2.33. The molecule has 19 heavy (non-hydrogen) atoms. The summed E-state index contributed by atoms with van der Waals surface area (Å²) in [6.07, 6.45) is 3.32. The largest absolute Gasteiger partial charge is 0.478 e. The highest BCUT2D eigenvalue weighted by molar-refractivity contribution is 9.10. The van der Waals surface area contributed by atoms with Crippen molar-refractivity contribution < 1.29 is 15.0 Å². The highest BCUT2D eigenvalue weighted by Gasteiger charge is 2.25. The van der Waals surface area contributed by atoms with Gasteiger partial charge in [-0.2, -0.15) is 0 Å². The van der Waals surface area contributed by atoms with Crippen LogP contribution < -0.4 is 5.32 Å². The number of aromatic carboxylic acids is 1. The molecule has 0 aromatic heterocycles. The van der Waals surface area contributed by atoms with Crippen LogP contribution in [0.4, 0.5) is 0 Å². The van der Waals surface area contributed by atoms with Gasteiger partial charge in [0.05, 0.1) is 5.56 Å². The maximum Gasteiger partial charge on any atom is 0.335 e. The van der Waals surface area contributed by atoms with E-state index in [-0.39, 0.29) is 12.2 Å². The minimum Gasteiger partial charge on any atom is -0.478 e. The minimum atomic E-state index is -0.920. The normalized spacial score (nSPS) is 22.6.